The van der Waals surface area contributed by atoms with E-state index >= 15 is 0 Å². The van der Waals surface area contributed by atoms with Gasteiger partial charge in [0.1, 0.15) is 17.5 Å². The van der Waals surface area contributed by atoms with Crippen LogP contribution in [0.15, 0.2) is 48.7 Å². The van der Waals surface area contributed by atoms with E-state index in [0.29, 0.717) is 11.5 Å². The van der Waals surface area contributed by atoms with Crippen molar-refractivity contribution in [2.45, 2.75) is 0 Å². The lowest BCUT2D eigenvalue weighted by molar-refractivity contribution is 0.628. The first kappa shape index (κ1) is 12.8. The maximum absolute atomic E-state index is 13.8. The van der Waals surface area contributed by atoms with Crippen molar-refractivity contribution in [1.82, 2.24) is 9.97 Å². The van der Waals surface area contributed by atoms with Crippen LogP contribution >= 0.6 is 11.6 Å². The molecule has 1 aromatic heterocycles. The summed E-state index contributed by atoms with van der Waals surface area (Å²) in [6.45, 7) is 0. The molecule has 1 heterocycles. The quantitative estimate of drug-likeness (QED) is 0.729. The van der Waals surface area contributed by atoms with Crippen LogP contribution in [-0.4, -0.2) is 9.97 Å². The Kier molecular flexibility index (Phi) is 3.24. The Morgan fingerprint density at radius 1 is 1.00 bits per heavy atom. The van der Waals surface area contributed by atoms with Crippen molar-refractivity contribution in [1.29, 1.82) is 0 Å². The summed E-state index contributed by atoms with van der Waals surface area (Å²) in [5.74, 6) is -0.424. The molecular weight excluding hydrogens is 282 g/mol. The molecule has 0 spiro atoms. The molecule has 0 aliphatic rings. The molecule has 0 aliphatic carbocycles. The van der Waals surface area contributed by atoms with E-state index in [1.807, 2.05) is 0 Å². The molecule has 3 rings (SSSR count). The molecule has 3 aromatic rings. The normalized spacial score (nSPS) is 10.8. The van der Waals surface area contributed by atoms with Gasteiger partial charge in [0.05, 0.1) is 16.3 Å². The molecule has 0 amide bonds. The molecule has 5 heteroatoms. The van der Waals surface area contributed by atoms with Crippen LogP contribution in [0.3, 0.4) is 0 Å². The minimum absolute atomic E-state index is 0.225. The zero-order chi connectivity index (χ0) is 14.1. The summed E-state index contributed by atoms with van der Waals surface area (Å²) in [5, 5.41) is 0.282. The van der Waals surface area contributed by atoms with Crippen molar-refractivity contribution < 1.29 is 8.78 Å². The second kappa shape index (κ2) is 5.06. The maximum atomic E-state index is 13.8. The standard InChI is InChI=1S/C15H9ClF2N2/c16-11-2-1-3-12(18)14(11)15-19-8-13(20-15)9-4-6-10(17)7-5-9/h1-8H,(H,19,20). The van der Waals surface area contributed by atoms with Crippen LogP contribution in [0, 0.1) is 11.6 Å². The number of rotatable bonds is 2. The molecule has 0 bridgehead atoms. The SMILES string of the molecule is Fc1ccc(-c2c[nH]c(-c3c(F)cccc3Cl)n2)cc1. The lowest BCUT2D eigenvalue weighted by atomic mass is 10.2. The third-order valence-electron chi connectivity index (χ3n) is 2.92. The largest absolute Gasteiger partial charge is 0.344 e. The summed E-state index contributed by atoms with van der Waals surface area (Å²) in [5.41, 5.74) is 1.56. The number of aromatic amines is 1. The summed E-state index contributed by atoms with van der Waals surface area (Å²) in [6.07, 6.45) is 1.63. The third-order valence-corrected chi connectivity index (χ3v) is 3.23. The van der Waals surface area contributed by atoms with E-state index in [9.17, 15) is 8.78 Å². The summed E-state index contributed by atoms with van der Waals surface area (Å²) in [4.78, 5) is 7.19. The van der Waals surface area contributed by atoms with Crippen LogP contribution in [0.4, 0.5) is 8.78 Å². The van der Waals surface area contributed by atoms with Crippen LogP contribution < -0.4 is 0 Å². The molecule has 100 valence electrons. The zero-order valence-corrected chi connectivity index (χ0v) is 11.0. The molecule has 0 aliphatic heterocycles. The van der Waals surface area contributed by atoms with Crippen molar-refractivity contribution in [2.24, 2.45) is 0 Å². The Bertz CT molecular complexity index is 731. The fraction of sp³-hybridized carbons (Fsp3) is 0. The van der Waals surface area contributed by atoms with Gasteiger partial charge in [-0.15, -0.1) is 0 Å². The van der Waals surface area contributed by atoms with E-state index in [2.05, 4.69) is 9.97 Å². The minimum Gasteiger partial charge on any atom is -0.344 e. The highest BCUT2D eigenvalue weighted by Crippen LogP contribution is 2.30. The van der Waals surface area contributed by atoms with E-state index in [-0.39, 0.29) is 16.4 Å². The second-order valence-electron chi connectivity index (χ2n) is 4.24. The molecule has 2 aromatic carbocycles. The highest BCUT2D eigenvalue weighted by molar-refractivity contribution is 6.33. The van der Waals surface area contributed by atoms with Crippen LogP contribution in [0.25, 0.3) is 22.6 Å². The summed E-state index contributed by atoms with van der Waals surface area (Å²) in [7, 11) is 0. The Morgan fingerprint density at radius 3 is 2.45 bits per heavy atom. The lowest BCUT2D eigenvalue weighted by Gasteiger charge is -2.01. The first-order valence-electron chi connectivity index (χ1n) is 5.91. The van der Waals surface area contributed by atoms with Gasteiger partial charge in [0, 0.05) is 11.8 Å². The Hall–Kier alpha value is -2.20. The predicted molar refractivity (Wildman–Crippen MR) is 74.4 cm³/mol. The van der Waals surface area contributed by atoms with Gasteiger partial charge >= 0.3 is 0 Å². The van der Waals surface area contributed by atoms with Crippen molar-refractivity contribution in [3.05, 3.63) is 65.3 Å². The highest BCUT2D eigenvalue weighted by atomic mass is 35.5. The van der Waals surface area contributed by atoms with Gasteiger partial charge in [0.2, 0.25) is 0 Å². The zero-order valence-electron chi connectivity index (χ0n) is 10.2. The topological polar surface area (TPSA) is 28.7 Å². The van der Waals surface area contributed by atoms with Crippen LogP contribution in [-0.2, 0) is 0 Å². The summed E-state index contributed by atoms with van der Waals surface area (Å²) < 4.78 is 26.7. The molecule has 20 heavy (non-hydrogen) atoms. The fourth-order valence-corrected chi connectivity index (χ4v) is 2.19. The van der Waals surface area contributed by atoms with Crippen molar-refractivity contribution in [3.8, 4) is 22.6 Å². The van der Waals surface area contributed by atoms with Crippen LogP contribution in [0.2, 0.25) is 5.02 Å². The molecule has 0 atom stereocenters. The average molecular weight is 291 g/mol. The van der Waals surface area contributed by atoms with Gasteiger partial charge in [0.15, 0.2) is 0 Å². The molecule has 0 unspecified atom stereocenters. The van der Waals surface area contributed by atoms with Gasteiger partial charge in [-0.05, 0) is 36.4 Å². The van der Waals surface area contributed by atoms with Crippen molar-refractivity contribution >= 4 is 11.6 Å². The smallest absolute Gasteiger partial charge is 0.142 e. The minimum atomic E-state index is -0.447. The summed E-state index contributed by atoms with van der Waals surface area (Å²) in [6, 6.07) is 10.4. The first-order valence-corrected chi connectivity index (χ1v) is 6.28. The monoisotopic (exact) mass is 290 g/mol. The maximum Gasteiger partial charge on any atom is 0.142 e. The van der Waals surface area contributed by atoms with Crippen molar-refractivity contribution in [3.63, 3.8) is 0 Å². The number of nitrogens with one attached hydrogen (secondary N) is 1. The van der Waals surface area contributed by atoms with Gasteiger partial charge in [-0.1, -0.05) is 17.7 Å². The Morgan fingerprint density at radius 2 is 1.75 bits per heavy atom. The van der Waals surface area contributed by atoms with Gasteiger partial charge in [-0.25, -0.2) is 13.8 Å². The van der Waals surface area contributed by atoms with E-state index in [0.717, 1.165) is 5.56 Å². The number of H-pyrrole nitrogens is 1. The van der Waals surface area contributed by atoms with Gasteiger partial charge < -0.3 is 4.98 Å². The fourth-order valence-electron chi connectivity index (χ4n) is 1.94. The molecule has 0 fully saturated rings. The number of hydrogen-bond donors (Lipinski definition) is 1. The molecule has 0 radical (unpaired) electrons. The van der Waals surface area contributed by atoms with Crippen molar-refractivity contribution in [2.75, 3.05) is 0 Å². The average Bonchev–Trinajstić information content (AvgIpc) is 2.89. The Balaban J connectivity index is 2.04. The molecular formula is C15H9ClF2N2. The Labute approximate surface area is 119 Å². The molecule has 1 N–H and O–H groups in total. The van der Waals surface area contributed by atoms with Gasteiger partial charge in [0.25, 0.3) is 0 Å². The van der Waals surface area contributed by atoms with E-state index in [1.165, 1.54) is 24.3 Å². The number of halogens is 3. The van der Waals surface area contributed by atoms with Gasteiger partial charge in [-0.3, -0.25) is 0 Å². The molecule has 2 nitrogen and oxygen atoms in total. The predicted octanol–water partition coefficient (Wildman–Crippen LogP) is 4.68. The van der Waals surface area contributed by atoms with Gasteiger partial charge in [-0.2, -0.15) is 0 Å². The first-order chi connectivity index (χ1) is 9.65. The van der Waals surface area contributed by atoms with E-state index in [1.54, 1.807) is 24.4 Å². The number of imidazole rings is 1. The number of benzene rings is 2. The molecule has 0 saturated heterocycles. The number of hydrogen-bond acceptors (Lipinski definition) is 1. The highest BCUT2D eigenvalue weighted by Gasteiger charge is 2.13. The summed E-state index contributed by atoms with van der Waals surface area (Å²) >= 11 is 5.99. The van der Waals surface area contributed by atoms with E-state index in [4.69, 9.17) is 11.6 Å². The molecule has 0 saturated carbocycles. The van der Waals surface area contributed by atoms with Crippen LogP contribution in [0.5, 0.6) is 0 Å². The lowest BCUT2D eigenvalue weighted by Crippen LogP contribution is -1.88. The second-order valence-corrected chi connectivity index (χ2v) is 4.65. The number of nitrogens with zero attached hydrogens (tertiary/aromatic N) is 1. The van der Waals surface area contributed by atoms with Crippen LogP contribution in [0.1, 0.15) is 0 Å². The third kappa shape index (κ3) is 2.30. The number of aromatic nitrogens is 2. The van der Waals surface area contributed by atoms with E-state index < -0.39 is 5.82 Å².